The maximum atomic E-state index is 12.9. The summed E-state index contributed by atoms with van der Waals surface area (Å²) in [6.45, 7) is -0.158. The monoisotopic (exact) mass is 458 g/mol. The van der Waals surface area contributed by atoms with Gasteiger partial charge in [-0.25, -0.2) is 0 Å². The molecule has 174 valence electrons. The summed E-state index contributed by atoms with van der Waals surface area (Å²) in [7, 11) is 1.34. The van der Waals surface area contributed by atoms with Gasteiger partial charge >= 0.3 is 0 Å². The Kier molecular flexibility index (Phi) is 7.26. The number of aliphatic hydroxyl groups excluding tert-OH is 2. The van der Waals surface area contributed by atoms with Crippen LogP contribution in [0, 0.1) is 10.1 Å². The van der Waals surface area contributed by atoms with Gasteiger partial charge in [0, 0.05) is 24.2 Å². The number of nitro groups is 1. The first-order valence-electron chi connectivity index (χ1n) is 9.88. The van der Waals surface area contributed by atoms with Crippen LogP contribution in [-0.2, 0) is 14.3 Å². The zero-order valence-corrected chi connectivity index (χ0v) is 17.6. The first-order chi connectivity index (χ1) is 15.8. The lowest BCUT2D eigenvalue weighted by Gasteiger charge is -2.25. The number of Topliss-reactive ketones (excluding diaryl/α,β-unsaturated/α-hetero) is 1. The van der Waals surface area contributed by atoms with E-state index in [4.69, 9.17) is 14.6 Å². The van der Waals surface area contributed by atoms with Crippen molar-refractivity contribution >= 4 is 23.1 Å². The fourth-order valence-corrected chi connectivity index (χ4v) is 3.55. The number of methoxy groups -OCH3 is 1. The highest BCUT2D eigenvalue weighted by Gasteiger charge is 2.46. The minimum atomic E-state index is -1.03. The fraction of sp³-hybridized carbons (Fsp3) is 0.273. The van der Waals surface area contributed by atoms with Crippen LogP contribution < -0.4 is 4.74 Å². The minimum absolute atomic E-state index is 0.0184. The molecule has 1 aliphatic heterocycles. The van der Waals surface area contributed by atoms with Crippen molar-refractivity contribution in [2.75, 3.05) is 33.5 Å². The lowest BCUT2D eigenvalue weighted by molar-refractivity contribution is -0.384. The molecule has 1 atom stereocenters. The van der Waals surface area contributed by atoms with Crippen LogP contribution in [-0.4, -0.2) is 70.3 Å². The van der Waals surface area contributed by atoms with E-state index in [1.165, 1.54) is 54.5 Å². The number of aromatic hydroxyl groups is 1. The van der Waals surface area contributed by atoms with Gasteiger partial charge < -0.3 is 29.7 Å². The van der Waals surface area contributed by atoms with E-state index in [-0.39, 0.29) is 54.7 Å². The standard InChI is InChI=1S/C22H22N2O9/c1-32-17-12-14(4-7-16(17)26)19-18(20(27)13-2-5-15(6-3-13)24(30)31)21(28)22(29)23(19)8-10-33-11-9-25/h2-7,12,19,25-27H,8-11H2,1H3/b20-18+/t19-/m1/s1. The van der Waals surface area contributed by atoms with E-state index in [1.54, 1.807) is 0 Å². The van der Waals surface area contributed by atoms with Crippen LogP contribution in [0.1, 0.15) is 17.2 Å². The lowest BCUT2D eigenvalue weighted by atomic mass is 9.95. The van der Waals surface area contributed by atoms with Crippen molar-refractivity contribution in [3.05, 3.63) is 69.3 Å². The Labute approximate surface area is 188 Å². The van der Waals surface area contributed by atoms with E-state index in [0.717, 1.165) is 0 Å². The van der Waals surface area contributed by atoms with Crippen molar-refractivity contribution < 1.29 is 39.3 Å². The number of rotatable bonds is 9. The second-order valence-electron chi connectivity index (χ2n) is 7.06. The molecular formula is C22H22N2O9. The van der Waals surface area contributed by atoms with Crippen molar-refractivity contribution in [1.29, 1.82) is 0 Å². The molecule has 1 amide bonds. The second-order valence-corrected chi connectivity index (χ2v) is 7.06. The molecule has 2 aromatic rings. The third-order valence-corrected chi connectivity index (χ3v) is 5.12. The summed E-state index contributed by atoms with van der Waals surface area (Å²) in [5, 5.41) is 40.7. The predicted octanol–water partition coefficient (Wildman–Crippen LogP) is 1.74. The number of ether oxygens (including phenoxy) is 2. The Hall–Kier alpha value is -3.96. The molecule has 1 saturated heterocycles. The SMILES string of the molecule is COc1cc([C@@H]2/C(=C(\O)c3ccc([N+](=O)[O-])cc3)C(=O)C(=O)N2CCOCCO)ccc1O. The Morgan fingerprint density at radius 3 is 2.45 bits per heavy atom. The van der Waals surface area contributed by atoms with Gasteiger partial charge in [-0.2, -0.15) is 0 Å². The molecule has 33 heavy (non-hydrogen) atoms. The van der Waals surface area contributed by atoms with Crippen LogP contribution in [0.2, 0.25) is 0 Å². The molecule has 11 nitrogen and oxygen atoms in total. The molecule has 1 fully saturated rings. The number of phenols is 1. The molecule has 0 radical (unpaired) electrons. The van der Waals surface area contributed by atoms with Crippen LogP contribution >= 0.6 is 0 Å². The zero-order chi connectivity index (χ0) is 24.1. The Bertz CT molecular complexity index is 1100. The number of likely N-dealkylation sites (tertiary alicyclic amines) is 1. The van der Waals surface area contributed by atoms with Gasteiger partial charge in [-0.3, -0.25) is 19.7 Å². The number of phenolic OH excluding ortho intramolecular Hbond substituents is 1. The summed E-state index contributed by atoms with van der Waals surface area (Å²) in [4.78, 5) is 37.3. The highest BCUT2D eigenvalue weighted by Crippen LogP contribution is 2.41. The Morgan fingerprint density at radius 2 is 1.85 bits per heavy atom. The van der Waals surface area contributed by atoms with Crippen LogP contribution in [0.5, 0.6) is 11.5 Å². The molecule has 0 unspecified atom stereocenters. The average molecular weight is 458 g/mol. The molecule has 1 aliphatic rings. The van der Waals surface area contributed by atoms with Crippen LogP contribution in [0.3, 0.4) is 0 Å². The number of benzene rings is 2. The van der Waals surface area contributed by atoms with Gasteiger partial charge in [-0.1, -0.05) is 6.07 Å². The van der Waals surface area contributed by atoms with Gasteiger partial charge in [0.05, 0.1) is 43.5 Å². The lowest BCUT2D eigenvalue weighted by Crippen LogP contribution is -2.33. The quantitative estimate of drug-likeness (QED) is 0.127. The van der Waals surface area contributed by atoms with E-state index in [1.807, 2.05) is 0 Å². The molecule has 0 spiro atoms. The Balaban J connectivity index is 2.10. The normalized spacial score (nSPS) is 17.4. The average Bonchev–Trinajstić information content (AvgIpc) is 3.06. The number of non-ortho nitro benzene ring substituents is 1. The summed E-state index contributed by atoms with van der Waals surface area (Å²) in [5.74, 6) is -2.36. The molecule has 0 saturated carbocycles. The highest BCUT2D eigenvalue weighted by molar-refractivity contribution is 6.46. The van der Waals surface area contributed by atoms with E-state index in [0.29, 0.717) is 5.56 Å². The number of carbonyl (C=O) groups is 2. The molecule has 11 heteroatoms. The van der Waals surface area contributed by atoms with Gasteiger partial charge in [0.25, 0.3) is 17.4 Å². The number of hydrogen-bond donors (Lipinski definition) is 3. The van der Waals surface area contributed by atoms with Gasteiger partial charge in [0.15, 0.2) is 11.5 Å². The largest absolute Gasteiger partial charge is 0.507 e. The maximum absolute atomic E-state index is 12.9. The number of nitrogens with zero attached hydrogens (tertiary/aromatic N) is 2. The Morgan fingerprint density at radius 1 is 1.15 bits per heavy atom. The van der Waals surface area contributed by atoms with Crippen molar-refractivity contribution in [2.45, 2.75) is 6.04 Å². The molecule has 0 aliphatic carbocycles. The van der Waals surface area contributed by atoms with Crippen LogP contribution in [0.15, 0.2) is 48.0 Å². The van der Waals surface area contributed by atoms with E-state index in [2.05, 4.69) is 0 Å². The van der Waals surface area contributed by atoms with Gasteiger partial charge in [-0.05, 0) is 29.8 Å². The summed E-state index contributed by atoms with van der Waals surface area (Å²) >= 11 is 0. The van der Waals surface area contributed by atoms with Gasteiger partial charge in [-0.15, -0.1) is 0 Å². The van der Waals surface area contributed by atoms with Gasteiger partial charge in [0.2, 0.25) is 0 Å². The third kappa shape index (κ3) is 4.78. The highest BCUT2D eigenvalue weighted by atomic mass is 16.6. The molecule has 0 aromatic heterocycles. The smallest absolute Gasteiger partial charge is 0.295 e. The van der Waals surface area contributed by atoms with Crippen molar-refractivity contribution in [3.8, 4) is 11.5 Å². The van der Waals surface area contributed by atoms with E-state index in [9.17, 15) is 29.9 Å². The number of amides is 1. The maximum Gasteiger partial charge on any atom is 0.295 e. The number of carbonyl (C=O) groups excluding carboxylic acids is 2. The first kappa shape index (κ1) is 23.7. The number of aliphatic hydroxyl groups is 2. The summed E-state index contributed by atoms with van der Waals surface area (Å²) in [5.41, 5.74) is 0.0805. The molecule has 1 heterocycles. The van der Waals surface area contributed by atoms with Crippen LogP contribution in [0.4, 0.5) is 5.69 Å². The number of ketones is 1. The van der Waals surface area contributed by atoms with Crippen LogP contribution in [0.25, 0.3) is 5.76 Å². The number of nitro benzene ring substituents is 1. The minimum Gasteiger partial charge on any atom is -0.507 e. The second kappa shape index (κ2) is 10.1. The fourth-order valence-electron chi connectivity index (χ4n) is 3.55. The predicted molar refractivity (Wildman–Crippen MR) is 115 cm³/mol. The zero-order valence-electron chi connectivity index (χ0n) is 17.6. The first-order valence-corrected chi connectivity index (χ1v) is 9.88. The van der Waals surface area contributed by atoms with Crippen molar-refractivity contribution in [2.24, 2.45) is 0 Å². The third-order valence-electron chi connectivity index (χ3n) is 5.12. The van der Waals surface area contributed by atoms with E-state index < -0.39 is 28.4 Å². The molecule has 2 aromatic carbocycles. The van der Waals surface area contributed by atoms with E-state index >= 15 is 0 Å². The summed E-state index contributed by atoms with van der Waals surface area (Å²) in [6.07, 6.45) is 0. The molecule has 0 bridgehead atoms. The van der Waals surface area contributed by atoms with Crippen molar-refractivity contribution in [3.63, 3.8) is 0 Å². The molecule has 3 rings (SSSR count). The molecule has 3 N–H and O–H groups in total. The number of hydrogen-bond acceptors (Lipinski definition) is 9. The summed E-state index contributed by atoms with van der Waals surface area (Å²) < 4.78 is 10.4. The summed E-state index contributed by atoms with van der Waals surface area (Å²) in [6, 6.07) is 8.13. The van der Waals surface area contributed by atoms with Crippen molar-refractivity contribution in [1.82, 2.24) is 4.90 Å². The topological polar surface area (TPSA) is 160 Å². The molecular weight excluding hydrogens is 436 g/mol. The van der Waals surface area contributed by atoms with Gasteiger partial charge in [0.1, 0.15) is 5.76 Å².